The van der Waals surface area contributed by atoms with Crippen LogP contribution in [0.1, 0.15) is 29.3 Å². The Morgan fingerprint density at radius 2 is 2.29 bits per heavy atom. The van der Waals surface area contributed by atoms with Crippen molar-refractivity contribution in [3.63, 3.8) is 0 Å². The van der Waals surface area contributed by atoms with Crippen molar-refractivity contribution in [1.82, 2.24) is 5.32 Å². The van der Waals surface area contributed by atoms with E-state index in [1.807, 2.05) is 32.0 Å². The van der Waals surface area contributed by atoms with Crippen LogP contribution in [0.2, 0.25) is 0 Å². The van der Waals surface area contributed by atoms with Crippen LogP contribution in [0, 0.1) is 6.92 Å². The van der Waals surface area contributed by atoms with Gasteiger partial charge in [-0.3, -0.25) is 4.79 Å². The first kappa shape index (κ1) is 15.8. The normalized spacial score (nSPS) is 21.3. The van der Waals surface area contributed by atoms with E-state index in [0.29, 0.717) is 25.3 Å². The van der Waals surface area contributed by atoms with Gasteiger partial charge < -0.3 is 20.1 Å². The molecule has 0 spiro atoms. The quantitative estimate of drug-likeness (QED) is 0.841. The van der Waals surface area contributed by atoms with Crippen molar-refractivity contribution in [1.29, 1.82) is 0 Å². The molecule has 0 bridgehead atoms. The van der Waals surface area contributed by atoms with E-state index in [9.17, 15) is 4.79 Å². The highest BCUT2D eigenvalue weighted by Crippen LogP contribution is 2.22. The predicted molar refractivity (Wildman–Crippen MR) is 82.9 cm³/mol. The molecule has 1 atom stereocenters. The zero-order valence-corrected chi connectivity index (χ0v) is 13.0. The number of methoxy groups -OCH3 is 1. The largest absolute Gasteiger partial charge is 0.385 e. The molecule has 2 rings (SSSR count). The molecule has 21 heavy (non-hydrogen) atoms. The molecule has 0 radical (unpaired) electrons. The molecule has 0 saturated carbocycles. The van der Waals surface area contributed by atoms with E-state index in [4.69, 9.17) is 9.47 Å². The van der Waals surface area contributed by atoms with E-state index in [1.54, 1.807) is 7.11 Å². The van der Waals surface area contributed by atoms with Crippen LogP contribution < -0.4 is 10.6 Å². The number of amides is 1. The zero-order chi connectivity index (χ0) is 15.3. The van der Waals surface area contributed by atoms with Crippen molar-refractivity contribution in [3.05, 3.63) is 29.3 Å². The van der Waals surface area contributed by atoms with E-state index < -0.39 is 0 Å². The highest BCUT2D eigenvalue weighted by atomic mass is 16.5. The topological polar surface area (TPSA) is 59.6 Å². The third-order valence-corrected chi connectivity index (χ3v) is 3.93. The third-order valence-electron chi connectivity index (χ3n) is 3.93. The molecule has 1 unspecified atom stereocenters. The van der Waals surface area contributed by atoms with Crippen molar-refractivity contribution in [3.8, 4) is 0 Å². The Morgan fingerprint density at radius 1 is 1.48 bits per heavy atom. The van der Waals surface area contributed by atoms with Gasteiger partial charge in [0, 0.05) is 44.5 Å². The van der Waals surface area contributed by atoms with E-state index in [-0.39, 0.29) is 11.5 Å². The van der Waals surface area contributed by atoms with Crippen molar-refractivity contribution < 1.29 is 14.3 Å². The lowest BCUT2D eigenvalue weighted by molar-refractivity contribution is -0.0148. The second kappa shape index (κ2) is 6.91. The molecule has 1 aromatic rings. The first-order chi connectivity index (χ1) is 10.1. The summed E-state index contributed by atoms with van der Waals surface area (Å²) in [5.41, 5.74) is 2.41. The van der Waals surface area contributed by atoms with Gasteiger partial charge in [0.05, 0.1) is 6.61 Å². The molecule has 1 amide bonds. The number of hydrogen-bond donors (Lipinski definition) is 2. The number of benzene rings is 1. The van der Waals surface area contributed by atoms with Crippen LogP contribution in [-0.4, -0.2) is 44.9 Å². The maximum atomic E-state index is 12.3. The van der Waals surface area contributed by atoms with Gasteiger partial charge in [-0.1, -0.05) is 0 Å². The molecule has 1 aliphatic heterocycles. The van der Waals surface area contributed by atoms with Crippen molar-refractivity contribution in [2.45, 2.75) is 25.9 Å². The van der Waals surface area contributed by atoms with E-state index >= 15 is 0 Å². The summed E-state index contributed by atoms with van der Waals surface area (Å²) in [6.07, 6.45) is 0.808. The molecule has 5 heteroatoms. The minimum Gasteiger partial charge on any atom is -0.385 e. The number of hydrogen-bond acceptors (Lipinski definition) is 4. The van der Waals surface area contributed by atoms with Crippen molar-refractivity contribution in [2.24, 2.45) is 0 Å². The molecular formula is C16H24N2O3. The molecule has 1 aromatic carbocycles. The summed E-state index contributed by atoms with van der Waals surface area (Å²) in [4.78, 5) is 12.3. The summed E-state index contributed by atoms with van der Waals surface area (Å²) in [5.74, 6) is -0.0792. The average molecular weight is 292 g/mol. The van der Waals surface area contributed by atoms with Crippen LogP contribution in [0.15, 0.2) is 18.2 Å². The summed E-state index contributed by atoms with van der Waals surface area (Å²) in [7, 11) is 1.66. The molecule has 0 aromatic heterocycles. The van der Waals surface area contributed by atoms with Gasteiger partial charge in [0.25, 0.3) is 5.91 Å². The first-order valence-electron chi connectivity index (χ1n) is 7.36. The smallest absolute Gasteiger partial charge is 0.251 e. The number of carbonyl (C=O) groups is 1. The predicted octanol–water partition coefficient (Wildman–Crippen LogP) is 1.96. The molecule has 1 aliphatic rings. The molecule has 0 aliphatic carbocycles. The van der Waals surface area contributed by atoms with Crippen molar-refractivity contribution in [2.75, 3.05) is 38.7 Å². The van der Waals surface area contributed by atoms with Gasteiger partial charge in [0.15, 0.2) is 0 Å². The lowest BCUT2D eigenvalue weighted by Crippen LogP contribution is -2.45. The molecule has 1 saturated heterocycles. The van der Waals surface area contributed by atoms with Crippen LogP contribution in [0.3, 0.4) is 0 Å². The first-order valence-corrected chi connectivity index (χ1v) is 7.36. The van der Waals surface area contributed by atoms with Crippen LogP contribution in [0.5, 0.6) is 0 Å². The Balaban J connectivity index is 1.98. The monoisotopic (exact) mass is 292 g/mol. The standard InChI is InChI=1S/C16H24N2O3/c1-4-17-14-6-5-13(9-12(14)2)15(19)18-10-16(20-3)7-8-21-11-16/h5-6,9,17H,4,7-8,10-11H2,1-3H3,(H,18,19). The Hall–Kier alpha value is -1.59. The average Bonchev–Trinajstić information content (AvgIpc) is 2.96. The highest BCUT2D eigenvalue weighted by Gasteiger charge is 2.35. The fourth-order valence-electron chi connectivity index (χ4n) is 2.50. The van der Waals surface area contributed by atoms with E-state index in [0.717, 1.165) is 24.2 Å². The van der Waals surface area contributed by atoms with Crippen LogP contribution in [0.4, 0.5) is 5.69 Å². The zero-order valence-electron chi connectivity index (χ0n) is 13.0. The Kier molecular flexibility index (Phi) is 5.20. The third kappa shape index (κ3) is 3.74. The van der Waals surface area contributed by atoms with Gasteiger partial charge >= 0.3 is 0 Å². The van der Waals surface area contributed by atoms with Crippen LogP contribution in [0.25, 0.3) is 0 Å². The fraction of sp³-hybridized carbons (Fsp3) is 0.562. The molecule has 1 heterocycles. The Morgan fingerprint density at radius 3 is 2.86 bits per heavy atom. The number of carbonyl (C=O) groups excluding carboxylic acids is 1. The van der Waals surface area contributed by atoms with Crippen molar-refractivity contribution >= 4 is 11.6 Å². The van der Waals surface area contributed by atoms with Gasteiger partial charge in [-0.25, -0.2) is 0 Å². The lowest BCUT2D eigenvalue weighted by atomic mass is 10.0. The number of ether oxygens (including phenoxy) is 2. The molecule has 2 N–H and O–H groups in total. The van der Waals surface area contributed by atoms with E-state index in [2.05, 4.69) is 10.6 Å². The lowest BCUT2D eigenvalue weighted by Gasteiger charge is -2.25. The van der Waals surface area contributed by atoms with Gasteiger partial charge in [-0.05, 0) is 37.6 Å². The molecule has 5 nitrogen and oxygen atoms in total. The molecule has 116 valence electrons. The van der Waals surface area contributed by atoms with Crippen LogP contribution >= 0.6 is 0 Å². The second-order valence-electron chi connectivity index (χ2n) is 5.43. The summed E-state index contributed by atoms with van der Waals surface area (Å²) < 4.78 is 10.9. The van der Waals surface area contributed by atoms with E-state index in [1.165, 1.54) is 0 Å². The van der Waals surface area contributed by atoms with Gasteiger partial charge in [0.2, 0.25) is 0 Å². The summed E-state index contributed by atoms with van der Waals surface area (Å²) in [6.45, 7) is 6.59. The van der Waals surface area contributed by atoms with Gasteiger partial charge in [-0.2, -0.15) is 0 Å². The highest BCUT2D eigenvalue weighted by molar-refractivity contribution is 5.94. The molecule has 1 fully saturated rings. The number of nitrogens with one attached hydrogen (secondary N) is 2. The maximum Gasteiger partial charge on any atom is 0.251 e. The SMILES string of the molecule is CCNc1ccc(C(=O)NCC2(OC)CCOC2)cc1C. The summed E-state index contributed by atoms with van der Waals surface area (Å²) in [5, 5.41) is 6.21. The van der Waals surface area contributed by atoms with Crippen LogP contribution in [-0.2, 0) is 9.47 Å². The minimum absolute atomic E-state index is 0.0792. The maximum absolute atomic E-state index is 12.3. The Labute approximate surface area is 126 Å². The minimum atomic E-state index is -0.381. The number of anilines is 1. The summed E-state index contributed by atoms with van der Waals surface area (Å²) >= 11 is 0. The Bertz CT molecular complexity index is 496. The number of rotatable bonds is 6. The summed E-state index contributed by atoms with van der Waals surface area (Å²) in [6, 6.07) is 5.68. The number of aryl methyl sites for hydroxylation is 1. The molecular weight excluding hydrogens is 268 g/mol. The van der Waals surface area contributed by atoms with Gasteiger partial charge in [-0.15, -0.1) is 0 Å². The second-order valence-corrected chi connectivity index (χ2v) is 5.43. The fourth-order valence-corrected chi connectivity index (χ4v) is 2.50. The van der Waals surface area contributed by atoms with Gasteiger partial charge in [0.1, 0.15) is 5.60 Å².